The number of esters is 1. The maximum absolute atomic E-state index is 12.7. The molecule has 33 heavy (non-hydrogen) atoms. The maximum Gasteiger partial charge on any atom is 0.337 e. The van der Waals surface area contributed by atoms with E-state index in [1.807, 2.05) is 24.3 Å². The standard InChI is InChI=1S/C27H22O5S/c1-30-23-16-24(31-2)21(26-15-20-6-4-5-7-25(20)33-26)14-19(23)12-13-22(28)17-8-10-18(11-9-17)27(29)32-3/h4-16H,1-3H3. The second-order valence-electron chi connectivity index (χ2n) is 7.21. The Morgan fingerprint density at radius 2 is 1.52 bits per heavy atom. The molecule has 1 aromatic heterocycles. The smallest absolute Gasteiger partial charge is 0.337 e. The van der Waals surface area contributed by atoms with Gasteiger partial charge in [0.15, 0.2) is 5.78 Å². The minimum atomic E-state index is -0.443. The van der Waals surface area contributed by atoms with Crippen LogP contribution in [-0.4, -0.2) is 33.1 Å². The lowest BCUT2D eigenvalue weighted by atomic mass is 10.0. The molecular weight excluding hydrogens is 436 g/mol. The number of hydrogen-bond donors (Lipinski definition) is 0. The molecule has 0 aliphatic carbocycles. The molecule has 0 spiro atoms. The van der Waals surface area contributed by atoms with Crippen LogP contribution in [0.15, 0.2) is 72.8 Å². The van der Waals surface area contributed by atoms with Gasteiger partial charge in [0.25, 0.3) is 0 Å². The van der Waals surface area contributed by atoms with E-state index in [9.17, 15) is 9.59 Å². The number of benzene rings is 3. The summed E-state index contributed by atoms with van der Waals surface area (Å²) < 4.78 is 17.0. The largest absolute Gasteiger partial charge is 0.496 e. The fraction of sp³-hybridized carbons (Fsp3) is 0.111. The van der Waals surface area contributed by atoms with Crippen molar-refractivity contribution in [2.75, 3.05) is 21.3 Å². The molecule has 0 N–H and O–H groups in total. The van der Waals surface area contributed by atoms with Crippen LogP contribution in [0.4, 0.5) is 0 Å². The summed E-state index contributed by atoms with van der Waals surface area (Å²) in [6, 6.07) is 20.5. The van der Waals surface area contributed by atoms with Crippen LogP contribution in [-0.2, 0) is 4.74 Å². The van der Waals surface area contributed by atoms with Gasteiger partial charge in [0, 0.05) is 32.3 Å². The molecule has 1 heterocycles. The molecule has 4 rings (SSSR count). The van der Waals surface area contributed by atoms with E-state index >= 15 is 0 Å². The SMILES string of the molecule is COC(=O)c1ccc(C(=O)C=Cc2cc(-c3cc4ccccc4s3)c(OC)cc2OC)cc1. The number of hydrogen-bond acceptors (Lipinski definition) is 6. The van der Waals surface area contributed by atoms with E-state index in [1.54, 1.807) is 55.9 Å². The zero-order valence-corrected chi connectivity index (χ0v) is 19.3. The summed E-state index contributed by atoms with van der Waals surface area (Å²) in [5, 5.41) is 1.16. The molecule has 0 unspecified atom stereocenters. The Morgan fingerprint density at radius 3 is 2.18 bits per heavy atom. The third-order valence-electron chi connectivity index (χ3n) is 5.25. The van der Waals surface area contributed by atoms with E-state index in [1.165, 1.54) is 17.9 Å². The highest BCUT2D eigenvalue weighted by Crippen LogP contribution is 2.41. The minimum absolute atomic E-state index is 0.187. The highest BCUT2D eigenvalue weighted by molar-refractivity contribution is 7.22. The number of allylic oxidation sites excluding steroid dienone is 1. The zero-order valence-electron chi connectivity index (χ0n) is 18.5. The van der Waals surface area contributed by atoms with Gasteiger partial charge in [-0.2, -0.15) is 0 Å². The zero-order chi connectivity index (χ0) is 23.4. The number of thiophene rings is 1. The van der Waals surface area contributed by atoms with Gasteiger partial charge in [0.05, 0.1) is 26.9 Å². The molecular formula is C27H22O5S. The summed E-state index contributed by atoms with van der Waals surface area (Å²) in [6.45, 7) is 0. The van der Waals surface area contributed by atoms with Crippen LogP contribution < -0.4 is 9.47 Å². The van der Waals surface area contributed by atoms with Gasteiger partial charge < -0.3 is 14.2 Å². The highest BCUT2D eigenvalue weighted by atomic mass is 32.1. The number of ketones is 1. The van der Waals surface area contributed by atoms with Crippen molar-refractivity contribution < 1.29 is 23.8 Å². The van der Waals surface area contributed by atoms with Gasteiger partial charge in [0.2, 0.25) is 0 Å². The van der Waals surface area contributed by atoms with Crippen LogP contribution in [0.1, 0.15) is 26.3 Å². The van der Waals surface area contributed by atoms with Crippen LogP contribution in [0.2, 0.25) is 0 Å². The van der Waals surface area contributed by atoms with E-state index in [2.05, 4.69) is 18.2 Å². The van der Waals surface area contributed by atoms with Crippen molar-refractivity contribution in [1.29, 1.82) is 0 Å². The quantitative estimate of drug-likeness (QED) is 0.186. The van der Waals surface area contributed by atoms with Crippen LogP contribution in [0.3, 0.4) is 0 Å². The lowest BCUT2D eigenvalue weighted by Crippen LogP contribution is -2.02. The van der Waals surface area contributed by atoms with Gasteiger partial charge in [-0.3, -0.25) is 4.79 Å². The molecule has 0 saturated carbocycles. The summed E-state index contributed by atoms with van der Waals surface area (Å²) in [4.78, 5) is 25.4. The van der Waals surface area contributed by atoms with E-state index in [-0.39, 0.29) is 5.78 Å². The maximum atomic E-state index is 12.7. The molecule has 3 aromatic carbocycles. The Morgan fingerprint density at radius 1 is 0.818 bits per heavy atom. The fourth-order valence-corrected chi connectivity index (χ4v) is 4.59. The first-order valence-corrected chi connectivity index (χ1v) is 11.0. The van der Waals surface area contributed by atoms with Gasteiger partial charge in [-0.1, -0.05) is 30.3 Å². The topological polar surface area (TPSA) is 61.8 Å². The predicted octanol–water partition coefficient (Wildman–Crippen LogP) is 6.27. The first-order valence-electron chi connectivity index (χ1n) is 10.2. The molecule has 0 radical (unpaired) electrons. The molecule has 6 heteroatoms. The van der Waals surface area contributed by atoms with Gasteiger partial charge in [0.1, 0.15) is 11.5 Å². The summed E-state index contributed by atoms with van der Waals surface area (Å²) in [5.41, 5.74) is 2.54. The minimum Gasteiger partial charge on any atom is -0.496 e. The fourth-order valence-electron chi connectivity index (χ4n) is 3.51. The number of ether oxygens (including phenoxy) is 3. The van der Waals surface area contributed by atoms with Gasteiger partial charge in [-0.15, -0.1) is 11.3 Å². The second-order valence-corrected chi connectivity index (χ2v) is 8.29. The lowest BCUT2D eigenvalue weighted by molar-refractivity contribution is 0.0600. The van der Waals surface area contributed by atoms with Crippen molar-refractivity contribution in [3.63, 3.8) is 0 Å². The van der Waals surface area contributed by atoms with Gasteiger partial charge in [-0.25, -0.2) is 4.79 Å². The molecule has 5 nitrogen and oxygen atoms in total. The average Bonchev–Trinajstić information content (AvgIpc) is 3.30. The van der Waals surface area contributed by atoms with Crippen molar-refractivity contribution in [2.24, 2.45) is 0 Å². The predicted molar refractivity (Wildman–Crippen MR) is 132 cm³/mol. The first-order chi connectivity index (χ1) is 16.0. The third kappa shape index (κ3) is 4.66. The molecule has 0 fully saturated rings. The van der Waals surface area contributed by atoms with E-state index in [0.29, 0.717) is 22.6 Å². The molecule has 0 aliphatic heterocycles. The number of fused-ring (bicyclic) bond motifs is 1. The molecule has 0 atom stereocenters. The number of rotatable bonds is 7. The highest BCUT2D eigenvalue weighted by Gasteiger charge is 2.15. The summed E-state index contributed by atoms with van der Waals surface area (Å²) in [6.07, 6.45) is 3.22. The summed E-state index contributed by atoms with van der Waals surface area (Å²) in [7, 11) is 4.53. The molecule has 0 aliphatic rings. The number of carbonyl (C=O) groups excluding carboxylic acids is 2. The number of carbonyl (C=O) groups is 2. The van der Waals surface area contributed by atoms with E-state index < -0.39 is 5.97 Å². The molecule has 166 valence electrons. The Bertz CT molecular complexity index is 1320. The van der Waals surface area contributed by atoms with Gasteiger partial charge in [-0.05, 0) is 47.9 Å². The first kappa shape index (κ1) is 22.3. The lowest BCUT2D eigenvalue weighted by Gasteiger charge is -2.12. The van der Waals surface area contributed by atoms with E-state index in [4.69, 9.17) is 14.2 Å². The molecule has 4 aromatic rings. The summed E-state index contributed by atoms with van der Waals surface area (Å²) in [5.74, 6) is 0.663. The van der Waals surface area contributed by atoms with Crippen molar-refractivity contribution in [1.82, 2.24) is 0 Å². The van der Waals surface area contributed by atoms with Crippen molar-refractivity contribution in [2.45, 2.75) is 0 Å². The number of methoxy groups -OCH3 is 3. The van der Waals surface area contributed by atoms with E-state index in [0.717, 1.165) is 21.4 Å². The van der Waals surface area contributed by atoms with Gasteiger partial charge >= 0.3 is 5.97 Å². The molecule has 0 amide bonds. The second kappa shape index (κ2) is 9.71. The average molecular weight is 459 g/mol. The van der Waals surface area contributed by atoms with Crippen LogP contribution >= 0.6 is 11.3 Å². The molecule has 0 bridgehead atoms. The van der Waals surface area contributed by atoms with Crippen LogP contribution in [0.25, 0.3) is 26.6 Å². The van der Waals surface area contributed by atoms with Crippen molar-refractivity contribution in [3.8, 4) is 21.9 Å². The molecule has 0 saturated heterocycles. The van der Waals surface area contributed by atoms with Crippen LogP contribution in [0, 0.1) is 0 Å². The monoisotopic (exact) mass is 458 g/mol. The Kier molecular flexibility index (Phi) is 6.56. The third-order valence-corrected chi connectivity index (χ3v) is 6.40. The summed E-state index contributed by atoms with van der Waals surface area (Å²) >= 11 is 1.68. The Hall–Kier alpha value is -3.90. The van der Waals surface area contributed by atoms with Crippen LogP contribution in [0.5, 0.6) is 11.5 Å². The Balaban J connectivity index is 1.68. The van der Waals surface area contributed by atoms with Crippen molar-refractivity contribution >= 4 is 39.3 Å². The Labute approximate surface area is 195 Å². The van der Waals surface area contributed by atoms with Crippen molar-refractivity contribution in [3.05, 3.63) is 89.5 Å². The normalized spacial score (nSPS) is 11.0.